The Labute approximate surface area is 191 Å². The molecule has 7 nitrogen and oxygen atoms in total. The van der Waals surface area contributed by atoms with Gasteiger partial charge in [-0.25, -0.2) is 9.78 Å². The smallest absolute Gasteiger partial charge is 0.338 e. The molecule has 168 valence electrons. The molecule has 4 aromatic rings. The van der Waals surface area contributed by atoms with Crippen LogP contribution in [0.5, 0.6) is 5.75 Å². The minimum absolute atomic E-state index is 0.345. The van der Waals surface area contributed by atoms with E-state index < -0.39 is 12.1 Å². The molecule has 0 saturated carbocycles. The van der Waals surface area contributed by atoms with Crippen LogP contribution in [0.15, 0.2) is 72.8 Å². The maximum absolute atomic E-state index is 12.8. The topological polar surface area (TPSA) is 93.3 Å². The summed E-state index contributed by atoms with van der Waals surface area (Å²) in [6.45, 7) is 4.26. The molecule has 1 aromatic heterocycles. The lowest BCUT2D eigenvalue weighted by molar-refractivity contribution is -0.124. The highest BCUT2D eigenvalue weighted by Gasteiger charge is 2.22. The fourth-order valence-corrected chi connectivity index (χ4v) is 3.41. The van der Waals surface area contributed by atoms with E-state index in [0.29, 0.717) is 24.3 Å². The van der Waals surface area contributed by atoms with Crippen molar-refractivity contribution in [3.8, 4) is 17.1 Å². The Morgan fingerprint density at radius 1 is 1.00 bits per heavy atom. The summed E-state index contributed by atoms with van der Waals surface area (Å²) in [5, 5.41) is 2.78. The molecule has 0 saturated heterocycles. The normalized spacial score (nSPS) is 11.7. The van der Waals surface area contributed by atoms with Crippen molar-refractivity contribution in [3.05, 3.63) is 78.4 Å². The molecule has 2 N–H and O–H groups in total. The Balaban J connectivity index is 1.44. The van der Waals surface area contributed by atoms with Crippen LogP contribution in [0.4, 0.5) is 5.69 Å². The van der Waals surface area contributed by atoms with E-state index in [-0.39, 0.29) is 5.91 Å². The van der Waals surface area contributed by atoms with Gasteiger partial charge in [-0.15, -0.1) is 0 Å². The van der Waals surface area contributed by atoms with Crippen LogP contribution in [0.25, 0.3) is 22.4 Å². The number of H-pyrrole nitrogens is 1. The standard InChI is InChI=1S/C26H25N3O4/c1-3-23(25(30)27-19-11-13-20(14-12-19)32-4-2)33-26(31)18-10-15-21-22(16-18)29-24(28-21)17-8-6-5-7-9-17/h5-16,23H,3-4H2,1-2H3,(H,27,30)(H,28,29). The number of nitrogens with zero attached hydrogens (tertiary/aromatic N) is 1. The number of rotatable bonds is 8. The summed E-state index contributed by atoms with van der Waals surface area (Å²) in [7, 11) is 0. The first-order valence-corrected chi connectivity index (χ1v) is 10.9. The summed E-state index contributed by atoms with van der Waals surface area (Å²) in [5.74, 6) is 0.487. The summed E-state index contributed by atoms with van der Waals surface area (Å²) in [6, 6.07) is 21.9. The SMILES string of the molecule is CCOc1ccc(NC(=O)C(CC)OC(=O)c2ccc3nc(-c4ccccc4)[nH]c3c2)cc1. The van der Waals surface area contributed by atoms with E-state index in [1.807, 2.05) is 37.3 Å². The lowest BCUT2D eigenvalue weighted by Crippen LogP contribution is -2.32. The molecule has 7 heteroatoms. The largest absolute Gasteiger partial charge is 0.494 e. The number of benzene rings is 3. The summed E-state index contributed by atoms with van der Waals surface area (Å²) in [5.41, 5.74) is 3.36. The third-order valence-corrected chi connectivity index (χ3v) is 5.11. The van der Waals surface area contributed by atoms with Gasteiger partial charge >= 0.3 is 5.97 Å². The van der Waals surface area contributed by atoms with Crippen molar-refractivity contribution in [1.29, 1.82) is 0 Å². The fraction of sp³-hybridized carbons (Fsp3) is 0.192. The van der Waals surface area contributed by atoms with Gasteiger partial charge in [-0.2, -0.15) is 0 Å². The van der Waals surface area contributed by atoms with Crippen molar-refractivity contribution in [2.75, 3.05) is 11.9 Å². The summed E-state index contributed by atoms with van der Waals surface area (Å²) >= 11 is 0. The monoisotopic (exact) mass is 443 g/mol. The second kappa shape index (κ2) is 9.99. The van der Waals surface area contributed by atoms with Gasteiger partial charge in [-0.05, 0) is 55.8 Å². The third kappa shape index (κ3) is 5.20. The minimum atomic E-state index is -0.915. The highest BCUT2D eigenvalue weighted by Crippen LogP contribution is 2.22. The molecule has 0 fully saturated rings. The van der Waals surface area contributed by atoms with Gasteiger partial charge in [0.15, 0.2) is 6.10 Å². The van der Waals surface area contributed by atoms with Gasteiger partial charge in [-0.1, -0.05) is 37.3 Å². The number of hydrogen-bond acceptors (Lipinski definition) is 5. The van der Waals surface area contributed by atoms with Crippen LogP contribution in [0.1, 0.15) is 30.6 Å². The zero-order valence-electron chi connectivity index (χ0n) is 18.5. The van der Waals surface area contributed by atoms with Gasteiger partial charge in [0.25, 0.3) is 5.91 Å². The molecule has 1 heterocycles. The summed E-state index contributed by atoms with van der Waals surface area (Å²) in [4.78, 5) is 33.2. The van der Waals surface area contributed by atoms with E-state index in [0.717, 1.165) is 28.2 Å². The molecule has 0 radical (unpaired) electrons. The van der Waals surface area contributed by atoms with E-state index in [1.54, 1.807) is 49.4 Å². The minimum Gasteiger partial charge on any atom is -0.494 e. The maximum Gasteiger partial charge on any atom is 0.338 e. The lowest BCUT2D eigenvalue weighted by atomic mass is 10.2. The summed E-state index contributed by atoms with van der Waals surface area (Å²) < 4.78 is 10.9. The number of carbonyl (C=O) groups excluding carboxylic acids is 2. The third-order valence-electron chi connectivity index (χ3n) is 5.11. The highest BCUT2D eigenvalue weighted by atomic mass is 16.5. The van der Waals surface area contributed by atoms with Crippen molar-refractivity contribution in [2.24, 2.45) is 0 Å². The van der Waals surface area contributed by atoms with Gasteiger partial charge in [0.05, 0.1) is 23.2 Å². The molecule has 0 spiro atoms. The van der Waals surface area contributed by atoms with Gasteiger partial charge < -0.3 is 19.8 Å². The molecular weight excluding hydrogens is 418 g/mol. The number of carbonyl (C=O) groups is 2. The fourth-order valence-electron chi connectivity index (χ4n) is 3.41. The first-order valence-electron chi connectivity index (χ1n) is 10.9. The van der Waals surface area contributed by atoms with Crippen molar-refractivity contribution in [2.45, 2.75) is 26.4 Å². The van der Waals surface area contributed by atoms with Gasteiger partial charge in [-0.3, -0.25) is 4.79 Å². The molecule has 3 aromatic carbocycles. The average Bonchev–Trinajstić information content (AvgIpc) is 3.28. The molecule has 1 atom stereocenters. The van der Waals surface area contributed by atoms with Gasteiger partial charge in [0, 0.05) is 11.3 Å². The number of amides is 1. The number of aromatic nitrogens is 2. The van der Waals surface area contributed by atoms with Crippen LogP contribution in [-0.4, -0.2) is 34.6 Å². The molecule has 0 aliphatic rings. The molecule has 33 heavy (non-hydrogen) atoms. The number of aromatic amines is 1. The number of ether oxygens (including phenoxy) is 2. The van der Waals surface area contributed by atoms with Crippen LogP contribution in [-0.2, 0) is 9.53 Å². The molecule has 0 aliphatic heterocycles. The number of anilines is 1. The van der Waals surface area contributed by atoms with E-state index in [4.69, 9.17) is 9.47 Å². The Morgan fingerprint density at radius 2 is 1.76 bits per heavy atom. The average molecular weight is 444 g/mol. The summed E-state index contributed by atoms with van der Waals surface area (Å²) in [6.07, 6.45) is -0.569. The second-order valence-electron chi connectivity index (χ2n) is 7.43. The molecular formula is C26H25N3O4. The first kappa shape index (κ1) is 22.1. The molecule has 1 amide bonds. The number of esters is 1. The lowest BCUT2D eigenvalue weighted by Gasteiger charge is -2.16. The molecule has 0 bridgehead atoms. The zero-order chi connectivity index (χ0) is 23.2. The van der Waals surface area contributed by atoms with Crippen LogP contribution < -0.4 is 10.1 Å². The number of imidazole rings is 1. The molecule has 1 unspecified atom stereocenters. The van der Waals surface area contributed by atoms with Gasteiger partial charge in [0.2, 0.25) is 0 Å². The Kier molecular flexibility index (Phi) is 6.69. The Morgan fingerprint density at radius 3 is 2.45 bits per heavy atom. The predicted molar refractivity (Wildman–Crippen MR) is 127 cm³/mol. The van der Waals surface area contributed by atoms with E-state index >= 15 is 0 Å². The van der Waals surface area contributed by atoms with E-state index in [1.165, 1.54) is 0 Å². The predicted octanol–water partition coefficient (Wildman–Crippen LogP) is 5.20. The maximum atomic E-state index is 12.8. The van der Waals surface area contributed by atoms with Crippen LogP contribution in [0.3, 0.4) is 0 Å². The first-order chi connectivity index (χ1) is 16.1. The number of fused-ring (bicyclic) bond motifs is 1. The number of nitrogens with one attached hydrogen (secondary N) is 2. The molecule has 4 rings (SSSR count). The molecule has 0 aliphatic carbocycles. The van der Waals surface area contributed by atoms with Crippen molar-refractivity contribution in [1.82, 2.24) is 9.97 Å². The number of hydrogen-bond donors (Lipinski definition) is 2. The van der Waals surface area contributed by atoms with Crippen molar-refractivity contribution >= 4 is 28.6 Å². The van der Waals surface area contributed by atoms with Crippen LogP contribution in [0, 0.1) is 0 Å². The van der Waals surface area contributed by atoms with Crippen LogP contribution >= 0.6 is 0 Å². The Hall–Kier alpha value is -4.13. The Bertz CT molecular complexity index is 1250. The van der Waals surface area contributed by atoms with E-state index in [2.05, 4.69) is 15.3 Å². The van der Waals surface area contributed by atoms with Crippen LogP contribution in [0.2, 0.25) is 0 Å². The quantitative estimate of drug-likeness (QED) is 0.365. The van der Waals surface area contributed by atoms with Crippen molar-refractivity contribution < 1.29 is 19.1 Å². The zero-order valence-corrected chi connectivity index (χ0v) is 18.5. The van der Waals surface area contributed by atoms with Crippen molar-refractivity contribution in [3.63, 3.8) is 0 Å². The highest BCUT2D eigenvalue weighted by molar-refractivity contribution is 5.99. The van der Waals surface area contributed by atoms with Gasteiger partial charge in [0.1, 0.15) is 11.6 Å². The van der Waals surface area contributed by atoms with E-state index in [9.17, 15) is 9.59 Å². The second-order valence-corrected chi connectivity index (χ2v) is 7.43.